The fourth-order valence-electron chi connectivity index (χ4n) is 3.88. The molecule has 0 spiro atoms. The van der Waals surface area contributed by atoms with E-state index in [9.17, 15) is 17.6 Å². The maximum Gasteiger partial charge on any atom is 0.223 e. The molecule has 168 valence electrons. The van der Waals surface area contributed by atoms with Gasteiger partial charge in [0, 0.05) is 42.9 Å². The fraction of sp³-hybridized carbons (Fsp3) is 0.304. The average molecular weight is 457 g/mol. The molecule has 1 N–H and O–H groups in total. The summed E-state index contributed by atoms with van der Waals surface area (Å²) >= 11 is 0. The smallest absolute Gasteiger partial charge is 0.223 e. The van der Waals surface area contributed by atoms with Gasteiger partial charge in [0.15, 0.2) is 0 Å². The lowest BCUT2D eigenvalue weighted by Gasteiger charge is -2.29. The third-order valence-corrected chi connectivity index (χ3v) is 6.98. The third kappa shape index (κ3) is 5.05. The molecule has 2 aromatic carbocycles. The Morgan fingerprint density at radius 1 is 1.09 bits per heavy atom. The summed E-state index contributed by atoms with van der Waals surface area (Å²) in [6.45, 7) is 0.970. The normalized spacial score (nSPS) is 15.6. The molecule has 1 amide bonds. The van der Waals surface area contributed by atoms with E-state index < -0.39 is 10.0 Å². The summed E-state index contributed by atoms with van der Waals surface area (Å²) < 4.78 is 39.9. The maximum absolute atomic E-state index is 13.4. The number of nitrogens with zero attached hydrogens (tertiary/aromatic N) is 3. The molecule has 3 aromatic rings. The molecule has 0 unspecified atom stereocenters. The minimum Gasteiger partial charge on any atom is -0.352 e. The summed E-state index contributed by atoms with van der Waals surface area (Å²) in [5, 5.41) is 7.65. The number of piperidine rings is 1. The number of aromatic nitrogens is 2. The first-order valence-electron chi connectivity index (χ1n) is 10.4. The Labute approximate surface area is 186 Å². The van der Waals surface area contributed by atoms with Gasteiger partial charge in [0.2, 0.25) is 15.9 Å². The van der Waals surface area contributed by atoms with Crippen molar-refractivity contribution in [3.8, 4) is 16.9 Å². The van der Waals surface area contributed by atoms with Gasteiger partial charge in [-0.15, -0.1) is 0 Å². The minimum atomic E-state index is -3.23. The van der Waals surface area contributed by atoms with E-state index in [4.69, 9.17) is 0 Å². The van der Waals surface area contributed by atoms with Crippen LogP contribution in [0.4, 0.5) is 4.39 Å². The van der Waals surface area contributed by atoms with Crippen LogP contribution >= 0.6 is 0 Å². The SMILES string of the molecule is CS(=O)(=O)N1CCC(C(=O)NCc2cn(-c3ccccc3)nc2-c2ccc(F)cc2)CC1. The number of halogens is 1. The predicted molar refractivity (Wildman–Crippen MR) is 120 cm³/mol. The van der Waals surface area contributed by atoms with Gasteiger partial charge in [-0.05, 0) is 49.2 Å². The Bertz CT molecular complexity index is 1190. The van der Waals surface area contributed by atoms with Crippen LogP contribution < -0.4 is 5.32 Å². The molecule has 0 radical (unpaired) electrons. The Morgan fingerprint density at radius 2 is 1.75 bits per heavy atom. The van der Waals surface area contributed by atoms with Gasteiger partial charge in [-0.3, -0.25) is 4.79 Å². The van der Waals surface area contributed by atoms with E-state index in [-0.39, 0.29) is 24.2 Å². The van der Waals surface area contributed by atoms with Crippen LogP contribution in [0, 0.1) is 11.7 Å². The molecule has 2 heterocycles. The number of nitrogens with one attached hydrogen (secondary N) is 1. The predicted octanol–water partition coefficient (Wildman–Crippen LogP) is 2.97. The number of carbonyl (C=O) groups is 1. The molecule has 0 saturated carbocycles. The number of rotatable bonds is 6. The molecular formula is C23H25FN4O3S. The monoisotopic (exact) mass is 456 g/mol. The highest BCUT2D eigenvalue weighted by molar-refractivity contribution is 7.88. The Kier molecular flexibility index (Phi) is 6.38. The molecular weight excluding hydrogens is 431 g/mol. The third-order valence-electron chi connectivity index (χ3n) is 5.68. The van der Waals surface area contributed by atoms with E-state index in [2.05, 4.69) is 10.4 Å². The van der Waals surface area contributed by atoms with Crippen molar-refractivity contribution in [3.05, 3.63) is 72.2 Å². The van der Waals surface area contributed by atoms with E-state index in [0.29, 0.717) is 31.6 Å². The van der Waals surface area contributed by atoms with Gasteiger partial charge in [-0.25, -0.2) is 21.8 Å². The zero-order chi connectivity index (χ0) is 22.7. The van der Waals surface area contributed by atoms with Crippen molar-refractivity contribution in [2.24, 2.45) is 5.92 Å². The Balaban J connectivity index is 1.50. The highest BCUT2D eigenvalue weighted by Gasteiger charge is 2.29. The molecule has 1 aromatic heterocycles. The van der Waals surface area contributed by atoms with Crippen LogP contribution in [0.15, 0.2) is 60.8 Å². The first-order valence-corrected chi connectivity index (χ1v) is 12.3. The molecule has 0 bridgehead atoms. The van der Waals surface area contributed by atoms with Crippen molar-refractivity contribution in [3.63, 3.8) is 0 Å². The Morgan fingerprint density at radius 3 is 2.38 bits per heavy atom. The standard InChI is InChI=1S/C23H25FN4O3S/c1-32(30,31)27-13-11-18(12-14-27)23(29)25-15-19-16-28(21-5-3-2-4-6-21)26-22(19)17-7-9-20(24)10-8-17/h2-10,16,18H,11-15H2,1H3,(H,25,29). The van der Waals surface area contributed by atoms with Crippen LogP contribution in [-0.2, 0) is 21.4 Å². The second kappa shape index (κ2) is 9.22. The number of hydrogen-bond acceptors (Lipinski definition) is 4. The van der Waals surface area contributed by atoms with Gasteiger partial charge in [-0.2, -0.15) is 5.10 Å². The van der Waals surface area contributed by atoms with Crippen molar-refractivity contribution in [2.75, 3.05) is 19.3 Å². The number of carbonyl (C=O) groups excluding carboxylic acids is 1. The van der Waals surface area contributed by atoms with Crippen molar-refractivity contribution in [1.29, 1.82) is 0 Å². The van der Waals surface area contributed by atoms with Crippen molar-refractivity contribution in [1.82, 2.24) is 19.4 Å². The Hall–Kier alpha value is -3.04. The van der Waals surface area contributed by atoms with E-state index in [0.717, 1.165) is 16.8 Å². The highest BCUT2D eigenvalue weighted by atomic mass is 32.2. The first-order chi connectivity index (χ1) is 15.3. The minimum absolute atomic E-state index is 0.101. The average Bonchev–Trinajstić information content (AvgIpc) is 3.22. The summed E-state index contributed by atoms with van der Waals surface area (Å²) in [4.78, 5) is 12.7. The second-order valence-corrected chi connectivity index (χ2v) is 9.93. The molecule has 32 heavy (non-hydrogen) atoms. The van der Waals surface area contributed by atoms with Gasteiger partial charge in [0.25, 0.3) is 0 Å². The van der Waals surface area contributed by atoms with Gasteiger partial charge in [0.05, 0.1) is 17.6 Å². The molecule has 1 aliphatic heterocycles. The van der Waals surface area contributed by atoms with Gasteiger partial charge in [-0.1, -0.05) is 18.2 Å². The van der Waals surface area contributed by atoms with Gasteiger partial charge >= 0.3 is 0 Å². The molecule has 9 heteroatoms. The van der Waals surface area contributed by atoms with Crippen molar-refractivity contribution >= 4 is 15.9 Å². The molecule has 0 aliphatic carbocycles. The lowest BCUT2D eigenvalue weighted by Crippen LogP contribution is -2.42. The largest absolute Gasteiger partial charge is 0.352 e. The van der Waals surface area contributed by atoms with E-state index in [1.807, 2.05) is 36.5 Å². The van der Waals surface area contributed by atoms with Crippen molar-refractivity contribution < 1.29 is 17.6 Å². The molecule has 1 fully saturated rings. The van der Waals surface area contributed by atoms with Crippen LogP contribution in [0.25, 0.3) is 16.9 Å². The number of para-hydroxylation sites is 1. The lowest BCUT2D eigenvalue weighted by atomic mass is 9.97. The number of amides is 1. The van der Waals surface area contributed by atoms with Gasteiger partial charge < -0.3 is 5.32 Å². The quantitative estimate of drug-likeness (QED) is 0.618. The number of benzene rings is 2. The highest BCUT2D eigenvalue weighted by Crippen LogP contribution is 2.25. The fourth-order valence-corrected chi connectivity index (χ4v) is 4.75. The summed E-state index contributed by atoms with van der Waals surface area (Å²) in [5.74, 6) is -0.659. The van der Waals surface area contributed by atoms with Crippen LogP contribution in [0.3, 0.4) is 0 Å². The van der Waals surface area contributed by atoms with E-state index >= 15 is 0 Å². The zero-order valence-electron chi connectivity index (χ0n) is 17.7. The summed E-state index contributed by atoms with van der Waals surface area (Å²) in [6, 6.07) is 15.7. The van der Waals surface area contributed by atoms with Gasteiger partial charge in [0.1, 0.15) is 5.82 Å². The van der Waals surface area contributed by atoms with E-state index in [1.54, 1.807) is 16.8 Å². The van der Waals surface area contributed by atoms with E-state index in [1.165, 1.54) is 22.7 Å². The van der Waals surface area contributed by atoms with Crippen LogP contribution in [-0.4, -0.2) is 47.8 Å². The number of hydrogen-bond donors (Lipinski definition) is 1. The molecule has 0 atom stereocenters. The van der Waals surface area contributed by atoms with Crippen molar-refractivity contribution in [2.45, 2.75) is 19.4 Å². The lowest BCUT2D eigenvalue weighted by molar-refractivity contribution is -0.126. The molecule has 1 aliphatic rings. The topological polar surface area (TPSA) is 84.3 Å². The summed E-state index contributed by atoms with van der Waals surface area (Å²) in [5.41, 5.74) is 3.11. The van der Waals surface area contributed by atoms with Crippen LogP contribution in [0.5, 0.6) is 0 Å². The second-order valence-electron chi connectivity index (χ2n) is 7.94. The number of sulfonamides is 1. The molecule has 4 rings (SSSR count). The maximum atomic E-state index is 13.4. The molecule has 7 nitrogen and oxygen atoms in total. The summed E-state index contributed by atoms with van der Waals surface area (Å²) in [7, 11) is -3.23. The summed E-state index contributed by atoms with van der Waals surface area (Å²) in [6.07, 6.45) is 4.04. The first kappa shape index (κ1) is 22.2. The molecule has 1 saturated heterocycles. The van der Waals surface area contributed by atoms with Crippen LogP contribution in [0.1, 0.15) is 18.4 Å². The van der Waals surface area contributed by atoms with Crippen LogP contribution in [0.2, 0.25) is 0 Å². The zero-order valence-corrected chi connectivity index (χ0v) is 18.6.